The molecule has 148 valence electrons. The quantitative estimate of drug-likeness (QED) is 0.499. The lowest BCUT2D eigenvalue weighted by atomic mass is 10.1. The Labute approximate surface area is 166 Å². The average Bonchev–Trinajstić information content (AvgIpc) is 2.59. The molecule has 0 saturated carbocycles. The van der Waals surface area contributed by atoms with Crippen molar-refractivity contribution in [1.29, 1.82) is 0 Å². The number of para-hydroxylation sites is 1. The van der Waals surface area contributed by atoms with Crippen molar-refractivity contribution < 1.29 is 24.3 Å². The Morgan fingerprint density at radius 1 is 1.11 bits per heavy atom. The molecule has 0 aromatic heterocycles. The van der Waals surface area contributed by atoms with Gasteiger partial charge in [-0.2, -0.15) is 0 Å². The van der Waals surface area contributed by atoms with Crippen molar-refractivity contribution in [2.75, 3.05) is 30.2 Å². The number of amides is 3. The molecular formula is C17H21Cl2N3O5. The van der Waals surface area contributed by atoms with Gasteiger partial charge in [-0.25, -0.2) is 0 Å². The third-order valence-corrected chi connectivity index (χ3v) is 3.82. The van der Waals surface area contributed by atoms with Gasteiger partial charge in [0.15, 0.2) is 0 Å². The maximum Gasteiger partial charge on any atom is 0.305 e. The highest BCUT2D eigenvalue weighted by Gasteiger charge is 2.28. The van der Waals surface area contributed by atoms with Crippen LogP contribution >= 0.6 is 23.2 Å². The molecule has 1 aromatic carbocycles. The monoisotopic (exact) mass is 417 g/mol. The zero-order valence-corrected chi connectivity index (χ0v) is 16.2. The lowest BCUT2D eigenvalue weighted by Gasteiger charge is -2.26. The van der Waals surface area contributed by atoms with Gasteiger partial charge >= 0.3 is 5.97 Å². The summed E-state index contributed by atoms with van der Waals surface area (Å²) in [5.74, 6) is -2.62. The third-order valence-electron chi connectivity index (χ3n) is 3.49. The molecule has 0 aliphatic heterocycles. The lowest BCUT2D eigenvalue weighted by Crippen LogP contribution is -2.50. The second-order valence-corrected chi connectivity index (χ2v) is 6.31. The zero-order valence-electron chi connectivity index (χ0n) is 14.7. The maximum absolute atomic E-state index is 12.6. The lowest BCUT2D eigenvalue weighted by molar-refractivity contribution is -0.142. The summed E-state index contributed by atoms with van der Waals surface area (Å²) in [6.07, 6.45) is -0.603. The molecule has 10 heteroatoms. The van der Waals surface area contributed by atoms with Crippen molar-refractivity contribution >= 4 is 52.6 Å². The van der Waals surface area contributed by atoms with E-state index in [4.69, 9.17) is 28.3 Å². The number of carboxylic acids is 1. The molecule has 0 bridgehead atoms. The molecule has 0 heterocycles. The van der Waals surface area contributed by atoms with Crippen LogP contribution in [0.1, 0.15) is 23.7 Å². The second kappa shape index (κ2) is 11.4. The van der Waals surface area contributed by atoms with Crippen molar-refractivity contribution in [3.05, 3.63) is 29.8 Å². The van der Waals surface area contributed by atoms with E-state index in [0.29, 0.717) is 0 Å². The predicted octanol–water partition coefficient (Wildman–Crippen LogP) is 1.52. The molecule has 0 unspecified atom stereocenters. The first-order valence-electron chi connectivity index (χ1n) is 8.10. The van der Waals surface area contributed by atoms with Crippen LogP contribution in [0.2, 0.25) is 0 Å². The number of carbonyl (C=O) groups excluding carboxylic acids is 3. The molecule has 3 amide bonds. The van der Waals surface area contributed by atoms with Crippen LogP contribution in [-0.4, -0.2) is 64.6 Å². The van der Waals surface area contributed by atoms with Crippen LogP contribution in [0.25, 0.3) is 0 Å². The topological polar surface area (TPSA) is 116 Å². The molecule has 0 spiro atoms. The zero-order chi connectivity index (χ0) is 20.4. The van der Waals surface area contributed by atoms with Crippen LogP contribution in [0, 0.1) is 0 Å². The van der Waals surface area contributed by atoms with Gasteiger partial charge in [-0.15, -0.1) is 23.2 Å². The Bertz CT molecular complexity index is 693. The molecule has 0 aliphatic carbocycles. The Morgan fingerprint density at radius 3 is 2.22 bits per heavy atom. The minimum Gasteiger partial charge on any atom is -0.481 e. The van der Waals surface area contributed by atoms with E-state index in [1.54, 1.807) is 12.1 Å². The summed E-state index contributed by atoms with van der Waals surface area (Å²) in [4.78, 5) is 49.0. The summed E-state index contributed by atoms with van der Waals surface area (Å²) < 4.78 is 0. The largest absolute Gasteiger partial charge is 0.481 e. The smallest absolute Gasteiger partial charge is 0.305 e. The van der Waals surface area contributed by atoms with E-state index in [1.807, 2.05) is 0 Å². The molecule has 27 heavy (non-hydrogen) atoms. The Kier molecular flexibility index (Phi) is 9.60. The van der Waals surface area contributed by atoms with Crippen LogP contribution in [0.5, 0.6) is 0 Å². The first-order chi connectivity index (χ1) is 12.8. The van der Waals surface area contributed by atoms with Crippen molar-refractivity contribution in [2.24, 2.45) is 0 Å². The fraction of sp³-hybridized carbons (Fsp3) is 0.412. The van der Waals surface area contributed by atoms with E-state index in [9.17, 15) is 19.2 Å². The number of rotatable bonds is 10. The third kappa shape index (κ3) is 7.44. The second-order valence-electron chi connectivity index (χ2n) is 5.55. The summed E-state index contributed by atoms with van der Waals surface area (Å²) >= 11 is 11.4. The number of alkyl halides is 2. The summed E-state index contributed by atoms with van der Waals surface area (Å²) in [5.41, 5.74) is 0.361. The van der Waals surface area contributed by atoms with Gasteiger partial charge in [-0.3, -0.25) is 19.2 Å². The van der Waals surface area contributed by atoms with Gasteiger partial charge in [-0.05, 0) is 12.1 Å². The number of nitrogens with one attached hydrogen (secondary N) is 2. The number of aliphatic carboxylic acids is 1. The van der Waals surface area contributed by atoms with Crippen molar-refractivity contribution in [3.63, 3.8) is 0 Å². The van der Waals surface area contributed by atoms with Crippen LogP contribution in [0.3, 0.4) is 0 Å². The van der Waals surface area contributed by atoms with E-state index in [2.05, 4.69) is 10.6 Å². The molecule has 0 fully saturated rings. The number of benzene rings is 1. The fourth-order valence-electron chi connectivity index (χ4n) is 2.35. The van der Waals surface area contributed by atoms with Crippen LogP contribution in [0.4, 0.5) is 5.69 Å². The van der Waals surface area contributed by atoms with Gasteiger partial charge in [0, 0.05) is 31.8 Å². The normalized spacial score (nSPS) is 11.4. The number of anilines is 1. The Balaban J connectivity index is 3.06. The van der Waals surface area contributed by atoms with Crippen LogP contribution in [0.15, 0.2) is 24.3 Å². The van der Waals surface area contributed by atoms with Crippen LogP contribution in [-0.2, 0) is 14.4 Å². The first-order valence-corrected chi connectivity index (χ1v) is 9.17. The minimum atomic E-state index is -1.30. The highest BCUT2D eigenvalue weighted by Crippen LogP contribution is 2.15. The Hall–Kier alpha value is -2.32. The number of halogens is 2. The van der Waals surface area contributed by atoms with Crippen molar-refractivity contribution in [2.45, 2.75) is 19.4 Å². The standard InChI is InChI=1S/C17H21Cl2N3O5/c1-11(23)20-13-5-3-2-4-12(13)16(26)21-14(10-15(24)25)17(27)22(8-6-18)9-7-19/h2-5,14H,6-10H2,1H3,(H,20,23)(H,21,26)(H,24,25)/t14-/m0/s1. The average molecular weight is 418 g/mol. The summed E-state index contributed by atoms with van der Waals surface area (Å²) in [5, 5.41) is 14.0. The molecule has 1 aromatic rings. The molecule has 0 aliphatic rings. The van der Waals surface area contributed by atoms with Gasteiger partial charge in [0.1, 0.15) is 6.04 Å². The highest BCUT2D eigenvalue weighted by molar-refractivity contribution is 6.18. The molecule has 0 saturated heterocycles. The maximum atomic E-state index is 12.6. The SMILES string of the molecule is CC(=O)Nc1ccccc1C(=O)N[C@@H](CC(=O)O)C(=O)N(CCCl)CCCl. The molecule has 3 N–H and O–H groups in total. The van der Waals surface area contributed by atoms with E-state index in [0.717, 1.165) is 0 Å². The van der Waals surface area contributed by atoms with Gasteiger partial charge in [0.2, 0.25) is 11.8 Å². The number of carboxylic acid groups (broad SMARTS) is 1. The molecule has 8 nitrogen and oxygen atoms in total. The van der Waals surface area contributed by atoms with Crippen LogP contribution < -0.4 is 10.6 Å². The van der Waals surface area contributed by atoms with Crippen molar-refractivity contribution in [3.8, 4) is 0 Å². The summed E-state index contributed by atoms with van der Waals surface area (Å²) in [6, 6.07) is 4.90. The Morgan fingerprint density at radius 2 is 1.70 bits per heavy atom. The molecule has 0 radical (unpaired) electrons. The van der Waals surface area contributed by atoms with Crippen molar-refractivity contribution in [1.82, 2.24) is 10.2 Å². The van der Waals surface area contributed by atoms with E-state index >= 15 is 0 Å². The van der Waals surface area contributed by atoms with Gasteiger partial charge in [-0.1, -0.05) is 12.1 Å². The number of hydrogen-bond donors (Lipinski definition) is 3. The van der Waals surface area contributed by atoms with Gasteiger partial charge in [0.25, 0.3) is 5.91 Å². The van der Waals surface area contributed by atoms with E-state index in [-0.39, 0.29) is 42.0 Å². The first kappa shape index (κ1) is 22.7. The predicted molar refractivity (Wildman–Crippen MR) is 102 cm³/mol. The highest BCUT2D eigenvalue weighted by atomic mass is 35.5. The fourth-order valence-corrected chi connectivity index (χ4v) is 2.76. The number of carbonyl (C=O) groups is 4. The molecule has 1 rings (SSSR count). The minimum absolute atomic E-state index is 0.108. The van der Waals surface area contributed by atoms with Gasteiger partial charge in [0.05, 0.1) is 17.7 Å². The number of nitrogens with zero attached hydrogens (tertiary/aromatic N) is 1. The summed E-state index contributed by atoms with van der Waals surface area (Å²) in [6.45, 7) is 1.63. The molecular weight excluding hydrogens is 397 g/mol. The van der Waals surface area contributed by atoms with E-state index < -0.39 is 30.2 Å². The summed E-state index contributed by atoms with van der Waals surface area (Å²) in [7, 11) is 0. The van der Waals surface area contributed by atoms with Gasteiger partial charge < -0.3 is 20.6 Å². The number of hydrogen-bond acceptors (Lipinski definition) is 4. The molecule has 1 atom stereocenters. The van der Waals surface area contributed by atoms with E-state index in [1.165, 1.54) is 24.0 Å².